The molecular formula is C24H29NO5. The summed E-state index contributed by atoms with van der Waals surface area (Å²) in [5, 5.41) is 3.62. The van der Waals surface area contributed by atoms with Gasteiger partial charge in [-0.2, -0.15) is 0 Å². The first-order chi connectivity index (χ1) is 14.6. The zero-order chi connectivity index (χ0) is 20.7. The number of Topliss-reactive ketones (excluding diaryl/α,β-unsaturated/α-hetero) is 1. The van der Waals surface area contributed by atoms with Crippen LogP contribution in [0, 0.1) is 6.92 Å². The second-order valence-electron chi connectivity index (χ2n) is 9.01. The van der Waals surface area contributed by atoms with Gasteiger partial charge in [0.25, 0.3) is 5.91 Å². The predicted octanol–water partition coefficient (Wildman–Crippen LogP) is 4.71. The Bertz CT molecular complexity index is 977. The first-order valence-corrected chi connectivity index (χ1v) is 11.2. The van der Waals surface area contributed by atoms with Crippen molar-refractivity contribution in [3.63, 3.8) is 0 Å². The number of hydrogen-bond donors (Lipinski definition) is 1. The van der Waals surface area contributed by atoms with Gasteiger partial charge in [0, 0.05) is 24.1 Å². The molecule has 6 heteroatoms. The van der Waals surface area contributed by atoms with Gasteiger partial charge in [0.15, 0.2) is 11.5 Å². The van der Waals surface area contributed by atoms with Crippen molar-refractivity contribution in [3.8, 4) is 5.75 Å². The van der Waals surface area contributed by atoms with Crippen LogP contribution in [0.4, 0.5) is 0 Å². The maximum absolute atomic E-state index is 13.3. The lowest BCUT2D eigenvalue weighted by atomic mass is 9.83. The molecule has 3 heterocycles. The van der Waals surface area contributed by atoms with E-state index in [1.54, 1.807) is 0 Å². The van der Waals surface area contributed by atoms with Gasteiger partial charge in [-0.25, -0.2) is 0 Å². The Morgan fingerprint density at radius 3 is 2.70 bits per heavy atom. The van der Waals surface area contributed by atoms with Crippen molar-refractivity contribution in [2.24, 2.45) is 0 Å². The Hall–Kier alpha value is -2.34. The highest BCUT2D eigenvalue weighted by atomic mass is 16.5. The number of benzene rings is 1. The van der Waals surface area contributed by atoms with Crippen molar-refractivity contribution in [1.29, 1.82) is 0 Å². The smallest absolute Gasteiger partial charge is 0.287 e. The first kappa shape index (κ1) is 19.6. The summed E-state index contributed by atoms with van der Waals surface area (Å²) in [7, 11) is 0. The van der Waals surface area contributed by atoms with Crippen molar-refractivity contribution in [2.75, 3.05) is 13.2 Å². The Kier molecular flexibility index (Phi) is 5.05. The number of amides is 1. The summed E-state index contributed by atoms with van der Waals surface area (Å²) in [6.45, 7) is 3.06. The van der Waals surface area contributed by atoms with Crippen LogP contribution in [0.3, 0.4) is 0 Å². The number of furan rings is 1. The standard InChI is InChI=1S/C24H29NO5/c1-15-20-18(29-22(15)23(27)25-14-16-7-6-12-28-16)8-9-19-21(20)17(26)13-24(30-19)10-4-2-3-5-11-24/h8-9,16H,2-7,10-14H2,1H3,(H,25,27)/t16-/m1/s1. The van der Waals surface area contributed by atoms with Crippen LogP contribution in [0.5, 0.6) is 5.75 Å². The second kappa shape index (κ2) is 7.73. The second-order valence-corrected chi connectivity index (χ2v) is 9.01. The van der Waals surface area contributed by atoms with E-state index in [0.717, 1.165) is 45.1 Å². The minimum atomic E-state index is -0.368. The topological polar surface area (TPSA) is 77.8 Å². The van der Waals surface area contributed by atoms with Crippen LogP contribution >= 0.6 is 0 Å². The van der Waals surface area contributed by atoms with Crippen LogP contribution in [0.25, 0.3) is 11.0 Å². The third-order valence-corrected chi connectivity index (χ3v) is 6.88. The molecule has 1 spiro atoms. The summed E-state index contributed by atoms with van der Waals surface area (Å²) in [6.07, 6.45) is 8.93. The van der Waals surface area contributed by atoms with Gasteiger partial charge in [0.1, 0.15) is 16.9 Å². The van der Waals surface area contributed by atoms with Gasteiger partial charge in [-0.1, -0.05) is 12.8 Å². The summed E-state index contributed by atoms with van der Waals surface area (Å²) >= 11 is 0. The molecule has 1 saturated heterocycles. The van der Waals surface area contributed by atoms with E-state index in [2.05, 4.69) is 5.32 Å². The Morgan fingerprint density at radius 2 is 1.97 bits per heavy atom. The summed E-state index contributed by atoms with van der Waals surface area (Å²) in [5.74, 6) is 0.728. The van der Waals surface area contributed by atoms with Gasteiger partial charge < -0.3 is 19.2 Å². The monoisotopic (exact) mass is 411 g/mol. The zero-order valence-electron chi connectivity index (χ0n) is 17.6. The molecule has 1 aromatic carbocycles. The third-order valence-electron chi connectivity index (χ3n) is 6.88. The average molecular weight is 411 g/mol. The minimum Gasteiger partial charge on any atom is -0.486 e. The molecule has 1 aromatic heterocycles. The van der Waals surface area contributed by atoms with E-state index >= 15 is 0 Å². The van der Waals surface area contributed by atoms with Gasteiger partial charge >= 0.3 is 0 Å². The molecule has 0 unspecified atom stereocenters. The fraction of sp³-hybridized carbons (Fsp3) is 0.583. The summed E-state index contributed by atoms with van der Waals surface area (Å²) in [6, 6.07) is 3.65. The number of rotatable bonds is 3. The molecule has 5 rings (SSSR count). The first-order valence-electron chi connectivity index (χ1n) is 11.2. The zero-order valence-corrected chi connectivity index (χ0v) is 17.6. The van der Waals surface area contributed by atoms with Crippen LogP contribution < -0.4 is 10.1 Å². The van der Waals surface area contributed by atoms with Gasteiger partial charge in [0.2, 0.25) is 0 Å². The quantitative estimate of drug-likeness (QED) is 0.792. The van der Waals surface area contributed by atoms with Crippen LogP contribution in [-0.4, -0.2) is 36.5 Å². The maximum Gasteiger partial charge on any atom is 0.287 e. The normalized spacial score (nSPS) is 23.2. The number of nitrogens with one attached hydrogen (secondary N) is 1. The lowest BCUT2D eigenvalue weighted by Crippen LogP contribution is -2.41. The Labute approximate surface area is 176 Å². The van der Waals surface area contributed by atoms with E-state index in [1.807, 2.05) is 19.1 Å². The van der Waals surface area contributed by atoms with Crippen molar-refractivity contribution in [3.05, 3.63) is 29.0 Å². The molecule has 2 aliphatic heterocycles. The lowest BCUT2D eigenvalue weighted by Gasteiger charge is -2.37. The highest BCUT2D eigenvalue weighted by Gasteiger charge is 2.42. The lowest BCUT2D eigenvalue weighted by molar-refractivity contribution is 0.0301. The van der Waals surface area contributed by atoms with E-state index < -0.39 is 0 Å². The molecule has 2 aromatic rings. The molecule has 30 heavy (non-hydrogen) atoms. The Balaban J connectivity index is 1.45. The Morgan fingerprint density at radius 1 is 1.17 bits per heavy atom. The number of carbonyl (C=O) groups excluding carboxylic acids is 2. The van der Waals surface area contributed by atoms with Crippen molar-refractivity contribution in [2.45, 2.75) is 76.4 Å². The number of fused-ring (bicyclic) bond motifs is 3. The van der Waals surface area contributed by atoms with Crippen molar-refractivity contribution < 1.29 is 23.5 Å². The highest BCUT2D eigenvalue weighted by Crippen LogP contribution is 2.44. The van der Waals surface area contributed by atoms with Crippen LogP contribution in [0.15, 0.2) is 16.5 Å². The van der Waals surface area contributed by atoms with E-state index in [-0.39, 0.29) is 29.2 Å². The SMILES string of the molecule is Cc1c(C(=O)NC[C@H]2CCCO2)oc2ccc3c(c12)C(=O)CC1(CCCCCC1)O3. The van der Waals surface area contributed by atoms with Crippen LogP contribution in [0.2, 0.25) is 0 Å². The fourth-order valence-electron chi connectivity index (χ4n) is 5.29. The maximum atomic E-state index is 13.3. The fourth-order valence-corrected chi connectivity index (χ4v) is 5.29. The molecule has 1 saturated carbocycles. The highest BCUT2D eigenvalue weighted by molar-refractivity contribution is 6.13. The third kappa shape index (κ3) is 3.41. The number of ketones is 1. The summed E-state index contributed by atoms with van der Waals surface area (Å²) in [4.78, 5) is 26.0. The van der Waals surface area contributed by atoms with Crippen molar-refractivity contribution >= 4 is 22.7 Å². The van der Waals surface area contributed by atoms with E-state index in [1.165, 1.54) is 12.8 Å². The molecule has 1 aliphatic carbocycles. The van der Waals surface area contributed by atoms with Crippen LogP contribution in [0.1, 0.15) is 84.3 Å². The molecule has 0 bridgehead atoms. The number of carbonyl (C=O) groups is 2. The molecule has 1 atom stereocenters. The molecular weight excluding hydrogens is 382 g/mol. The van der Waals surface area contributed by atoms with Gasteiger partial charge in [0.05, 0.1) is 18.1 Å². The predicted molar refractivity (Wildman–Crippen MR) is 112 cm³/mol. The summed E-state index contributed by atoms with van der Waals surface area (Å²) in [5.41, 5.74) is 1.46. The van der Waals surface area contributed by atoms with Gasteiger partial charge in [-0.3, -0.25) is 9.59 Å². The molecule has 2 fully saturated rings. The number of aryl methyl sites for hydroxylation is 1. The van der Waals surface area contributed by atoms with E-state index in [9.17, 15) is 9.59 Å². The molecule has 160 valence electrons. The van der Waals surface area contributed by atoms with Gasteiger partial charge in [-0.05, 0) is 57.6 Å². The van der Waals surface area contributed by atoms with Crippen molar-refractivity contribution in [1.82, 2.24) is 5.32 Å². The number of hydrogen-bond acceptors (Lipinski definition) is 5. The molecule has 3 aliphatic rings. The largest absolute Gasteiger partial charge is 0.486 e. The molecule has 0 radical (unpaired) electrons. The van der Waals surface area contributed by atoms with E-state index in [4.69, 9.17) is 13.9 Å². The average Bonchev–Trinajstić information content (AvgIpc) is 3.31. The number of ether oxygens (including phenoxy) is 2. The summed E-state index contributed by atoms with van der Waals surface area (Å²) < 4.78 is 17.9. The molecule has 1 N–H and O–H groups in total. The van der Waals surface area contributed by atoms with E-state index in [0.29, 0.717) is 40.8 Å². The molecule has 6 nitrogen and oxygen atoms in total. The minimum absolute atomic E-state index is 0.0668. The van der Waals surface area contributed by atoms with Crippen LogP contribution in [-0.2, 0) is 4.74 Å². The molecule has 1 amide bonds. The van der Waals surface area contributed by atoms with Gasteiger partial charge in [-0.15, -0.1) is 0 Å².